The zero-order chi connectivity index (χ0) is 13.5. The zero-order valence-electron chi connectivity index (χ0n) is 10.2. The Morgan fingerprint density at radius 3 is 2.63 bits per heavy atom. The molecule has 0 aliphatic heterocycles. The Morgan fingerprint density at radius 1 is 1.11 bits per heavy atom. The first-order chi connectivity index (χ1) is 9.28. The molecule has 19 heavy (non-hydrogen) atoms. The van der Waals surface area contributed by atoms with Gasteiger partial charge in [-0.2, -0.15) is 0 Å². The molecule has 2 aromatic rings. The number of carbonyl (C=O) groups is 2. The summed E-state index contributed by atoms with van der Waals surface area (Å²) in [6.07, 6.45) is 0.758. The third kappa shape index (κ3) is 4.26. The normalized spacial score (nSPS) is 9.89. The van der Waals surface area contributed by atoms with Crippen molar-refractivity contribution in [1.82, 2.24) is 0 Å². The van der Waals surface area contributed by atoms with E-state index >= 15 is 0 Å². The Balaban J connectivity index is 1.89. The lowest BCUT2D eigenvalue weighted by molar-refractivity contribution is -0.113. The van der Waals surface area contributed by atoms with Crippen molar-refractivity contribution in [1.29, 1.82) is 0 Å². The van der Waals surface area contributed by atoms with Crippen molar-refractivity contribution < 1.29 is 9.59 Å². The van der Waals surface area contributed by atoms with Crippen molar-refractivity contribution in [3.05, 3.63) is 60.2 Å². The molecule has 0 spiro atoms. The largest absolute Gasteiger partial charge is 0.325 e. The highest BCUT2D eigenvalue weighted by Gasteiger charge is 2.04. The fourth-order valence-electron chi connectivity index (χ4n) is 1.55. The predicted octanol–water partition coefficient (Wildman–Crippen LogP) is 3.23. The lowest BCUT2D eigenvalue weighted by Gasteiger charge is -2.05. The molecule has 0 aliphatic rings. The topological polar surface area (TPSA) is 46.2 Å². The van der Waals surface area contributed by atoms with Crippen molar-refractivity contribution in [3.63, 3.8) is 0 Å². The van der Waals surface area contributed by atoms with E-state index in [0.29, 0.717) is 17.0 Å². The van der Waals surface area contributed by atoms with Crippen LogP contribution in [0.25, 0.3) is 0 Å². The van der Waals surface area contributed by atoms with Gasteiger partial charge < -0.3 is 5.32 Å². The number of hydrogen-bond acceptors (Lipinski definition) is 3. The number of nitrogens with one attached hydrogen (secondary N) is 1. The van der Waals surface area contributed by atoms with E-state index in [1.54, 1.807) is 24.3 Å². The van der Waals surface area contributed by atoms with Gasteiger partial charge in [0.1, 0.15) is 6.29 Å². The molecule has 0 heterocycles. The van der Waals surface area contributed by atoms with Crippen LogP contribution in [-0.2, 0) is 4.79 Å². The third-order valence-electron chi connectivity index (χ3n) is 2.42. The van der Waals surface area contributed by atoms with Crippen molar-refractivity contribution in [2.45, 2.75) is 4.90 Å². The summed E-state index contributed by atoms with van der Waals surface area (Å²) < 4.78 is 0. The molecule has 4 heteroatoms. The monoisotopic (exact) mass is 271 g/mol. The first-order valence-corrected chi connectivity index (χ1v) is 6.79. The first-order valence-electron chi connectivity index (χ1n) is 5.81. The van der Waals surface area contributed by atoms with Gasteiger partial charge in [0.05, 0.1) is 5.75 Å². The number of amides is 1. The highest BCUT2D eigenvalue weighted by Crippen LogP contribution is 2.17. The van der Waals surface area contributed by atoms with Crippen LogP contribution >= 0.6 is 11.8 Å². The van der Waals surface area contributed by atoms with Gasteiger partial charge in [0.25, 0.3) is 0 Å². The van der Waals surface area contributed by atoms with E-state index in [4.69, 9.17) is 0 Å². The summed E-state index contributed by atoms with van der Waals surface area (Å²) in [7, 11) is 0. The van der Waals surface area contributed by atoms with Gasteiger partial charge in [-0.05, 0) is 24.3 Å². The van der Waals surface area contributed by atoms with Gasteiger partial charge in [-0.15, -0.1) is 11.8 Å². The van der Waals surface area contributed by atoms with Crippen molar-refractivity contribution in [3.8, 4) is 0 Å². The molecule has 96 valence electrons. The highest BCUT2D eigenvalue weighted by molar-refractivity contribution is 8.00. The molecule has 3 nitrogen and oxygen atoms in total. The number of hydrogen-bond donors (Lipinski definition) is 1. The summed E-state index contributed by atoms with van der Waals surface area (Å²) in [6, 6.07) is 16.6. The van der Waals surface area contributed by atoms with E-state index < -0.39 is 0 Å². The maximum atomic E-state index is 11.8. The molecule has 0 bridgehead atoms. The average molecular weight is 271 g/mol. The SMILES string of the molecule is O=Cc1cccc(NC(=O)CSc2ccccc2)c1. The van der Waals surface area contributed by atoms with Gasteiger partial charge in [0.15, 0.2) is 0 Å². The second-order valence-corrected chi connectivity index (χ2v) is 4.94. The lowest BCUT2D eigenvalue weighted by Crippen LogP contribution is -2.14. The zero-order valence-corrected chi connectivity index (χ0v) is 11.0. The average Bonchev–Trinajstić information content (AvgIpc) is 2.46. The molecule has 0 saturated heterocycles. The molecular weight excluding hydrogens is 258 g/mol. The molecule has 0 saturated carbocycles. The molecule has 2 rings (SSSR count). The third-order valence-corrected chi connectivity index (χ3v) is 3.43. The summed E-state index contributed by atoms with van der Waals surface area (Å²) in [5.41, 5.74) is 1.19. The van der Waals surface area contributed by atoms with E-state index in [0.717, 1.165) is 11.2 Å². The minimum absolute atomic E-state index is 0.0862. The van der Waals surface area contributed by atoms with Crippen LogP contribution in [0.5, 0.6) is 0 Å². The van der Waals surface area contributed by atoms with Crippen LogP contribution < -0.4 is 5.32 Å². The van der Waals surface area contributed by atoms with Crippen LogP contribution in [-0.4, -0.2) is 17.9 Å². The summed E-state index contributed by atoms with van der Waals surface area (Å²) in [4.78, 5) is 23.5. The Kier molecular flexibility index (Phi) is 4.75. The van der Waals surface area contributed by atoms with Crippen molar-refractivity contribution >= 4 is 29.6 Å². The highest BCUT2D eigenvalue weighted by atomic mass is 32.2. The molecule has 0 aromatic heterocycles. The Morgan fingerprint density at radius 2 is 1.89 bits per heavy atom. The standard InChI is InChI=1S/C15H13NO2S/c17-10-12-5-4-6-13(9-12)16-15(18)11-19-14-7-2-1-3-8-14/h1-10H,11H2,(H,16,18). The molecule has 0 unspecified atom stereocenters. The van der Waals surface area contributed by atoms with Crippen LogP contribution in [0.2, 0.25) is 0 Å². The number of aldehydes is 1. The van der Waals surface area contributed by atoms with E-state index in [9.17, 15) is 9.59 Å². The van der Waals surface area contributed by atoms with Gasteiger partial charge in [-0.3, -0.25) is 9.59 Å². The molecule has 0 atom stereocenters. The summed E-state index contributed by atoms with van der Waals surface area (Å²) >= 11 is 1.48. The number of anilines is 1. The smallest absolute Gasteiger partial charge is 0.234 e. The number of carbonyl (C=O) groups excluding carboxylic acids is 2. The second kappa shape index (κ2) is 6.75. The lowest BCUT2D eigenvalue weighted by atomic mass is 10.2. The van der Waals surface area contributed by atoms with Gasteiger partial charge in [0, 0.05) is 16.1 Å². The van der Waals surface area contributed by atoms with Gasteiger partial charge in [-0.25, -0.2) is 0 Å². The minimum Gasteiger partial charge on any atom is -0.325 e. The molecule has 0 radical (unpaired) electrons. The fraction of sp³-hybridized carbons (Fsp3) is 0.0667. The Hall–Kier alpha value is -2.07. The molecule has 1 amide bonds. The first kappa shape index (κ1) is 13.4. The summed E-state index contributed by atoms with van der Waals surface area (Å²) in [6.45, 7) is 0. The summed E-state index contributed by atoms with van der Waals surface area (Å²) in [5, 5.41) is 2.77. The van der Waals surface area contributed by atoms with Crippen LogP contribution in [0.15, 0.2) is 59.5 Å². The fourth-order valence-corrected chi connectivity index (χ4v) is 2.27. The van der Waals surface area contributed by atoms with E-state index in [2.05, 4.69) is 5.32 Å². The Bertz CT molecular complexity index is 569. The number of thioether (sulfide) groups is 1. The maximum Gasteiger partial charge on any atom is 0.234 e. The second-order valence-electron chi connectivity index (χ2n) is 3.89. The number of rotatable bonds is 5. The van der Waals surface area contributed by atoms with Crippen LogP contribution in [0, 0.1) is 0 Å². The minimum atomic E-state index is -0.0862. The molecule has 2 aromatic carbocycles. The van der Waals surface area contributed by atoms with E-state index in [-0.39, 0.29) is 5.91 Å². The van der Waals surface area contributed by atoms with Gasteiger partial charge >= 0.3 is 0 Å². The molecule has 1 N–H and O–H groups in total. The van der Waals surface area contributed by atoms with E-state index in [1.807, 2.05) is 30.3 Å². The van der Waals surface area contributed by atoms with Gasteiger partial charge in [0.2, 0.25) is 5.91 Å². The quantitative estimate of drug-likeness (QED) is 0.671. The summed E-state index contributed by atoms with van der Waals surface area (Å²) in [5.74, 6) is 0.256. The molecule has 0 fully saturated rings. The Labute approximate surface area is 116 Å². The van der Waals surface area contributed by atoms with E-state index in [1.165, 1.54) is 11.8 Å². The predicted molar refractivity (Wildman–Crippen MR) is 77.6 cm³/mol. The van der Waals surface area contributed by atoms with Crippen LogP contribution in [0.3, 0.4) is 0 Å². The van der Waals surface area contributed by atoms with Crippen LogP contribution in [0.1, 0.15) is 10.4 Å². The molecule has 0 aliphatic carbocycles. The van der Waals surface area contributed by atoms with Crippen LogP contribution in [0.4, 0.5) is 5.69 Å². The maximum absolute atomic E-state index is 11.8. The van der Waals surface area contributed by atoms with Crippen molar-refractivity contribution in [2.24, 2.45) is 0 Å². The van der Waals surface area contributed by atoms with Gasteiger partial charge in [-0.1, -0.05) is 30.3 Å². The number of benzene rings is 2. The molecular formula is C15H13NO2S. The van der Waals surface area contributed by atoms with Crippen molar-refractivity contribution in [2.75, 3.05) is 11.1 Å².